The number of hydrogen-bond donors (Lipinski definition) is 4. The van der Waals surface area contributed by atoms with Crippen molar-refractivity contribution in [2.45, 2.75) is 29.8 Å². The average Bonchev–Trinajstić information content (AvgIpc) is 3.50. The number of hydrogen-bond acceptors (Lipinski definition) is 8. The lowest BCUT2D eigenvalue weighted by atomic mass is 10.1. The van der Waals surface area contributed by atoms with Crippen LogP contribution in [0, 0.1) is 0 Å². The molecule has 0 aliphatic carbocycles. The molecule has 4 rings (SSSR count). The van der Waals surface area contributed by atoms with Crippen LogP contribution in [-0.4, -0.2) is 50.2 Å². The molecular weight excluding hydrogens is 564 g/mol. The second-order valence-corrected chi connectivity index (χ2v) is 12.2. The van der Waals surface area contributed by atoms with Crippen LogP contribution in [0.15, 0.2) is 58.8 Å². The van der Waals surface area contributed by atoms with E-state index >= 15 is 0 Å². The fourth-order valence-electron chi connectivity index (χ4n) is 4.06. The van der Waals surface area contributed by atoms with E-state index in [-0.39, 0.29) is 22.4 Å². The van der Waals surface area contributed by atoms with Crippen LogP contribution in [0.1, 0.15) is 17.5 Å². The molecule has 2 aromatic carbocycles. The Morgan fingerprint density at radius 3 is 2.56 bits per heavy atom. The van der Waals surface area contributed by atoms with Crippen LogP contribution in [0.2, 0.25) is 4.34 Å². The van der Waals surface area contributed by atoms with Gasteiger partial charge in [0.25, 0.3) is 10.0 Å². The number of methoxy groups -OCH3 is 1. The fourth-order valence-corrected chi connectivity index (χ4v) is 6.56. The number of thiophene rings is 1. The number of aromatic nitrogens is 2. The molecule has 4 aromatic rings. The third kappa shape index (κ3) is 6.68. The summed E-state index contributed by atoms with van der Waals surface area (Å²) < 4.78 is 36.2. The van der Waals surface area contributed by atoms with Gasteiger partial charge in [-0.25, -0.2) is 8.42 Å². The third-order valence-corrected chi connectivity index (χ3v) is 8.91. The van der Waals surface area contributed by atoms with E-state index < -0.39 is 22.0 Å². The van der Waals surface area contributed by atoms with Gasteiger partial charge in [0.15, 0.2) is 5.82 Å². The van der Waals surface area contributed by atoms with Crippen molar-refractivity contribution in [3.8, 4) is 5.75 Å². The van der Waals surface area contributed by atoms with Crippen molar-refractivity contribution in [3.63, 3.8) is 0 Å². The summed E-state index contributed by atoms with van der Waals surface area (Å²) in [5.41, 5.74) is 7.70. The minimum absolute atomic E-state index is 0.0664. The van der Waals surface area contributed by atoms with Gasteiger partial charge in [-0.1, -0.05) is 41.9 Å². The summed E-state index contributed by atoms with van der Waals surface area (Å²) in [6.45, 7) is 0.644. The molecule has 0 fully saturated rings. The minimum Gasteiger partial charge on any atom is -0.496 e. The van der Waals surface area contributed by atoms with Crippen LogP contribution >= 0.6 is 22.9 Å². The maximum atomic E-state index is 13.0. The zero-order valence-electron chi connectivity index (χ0n) is 21.1. The summed E-state index contributed by atoms with van der Waals surface area (Å²) in [7, 11) is -0.934. The lowest BCUT2D eigenvalue weighted by Gasteiger charge is -2.16. The van der Waals surface area contributed by atoms with E-state index in [1.165, 1.54) is 26.3 Å². The van der Waals surface area contributed by atoms with Crippen molar-refractivity contribution < 1.29 is 22.7 Å². The van der Waals surface area contributed by atoms with Gasteiger partial charge in [0.2, 0.25) is 11.8 Å². The first-order chi connectivity index (χ1) is 18.6. The summed E-state index contributed by atoms with van der Waals surface area (Å²) in [4.78, 5) is 23.4. The molecule has 0 aliphatic rings. The summed E-state index contributed by atoms with van der Waals surface area (Å²) in [5, 5.41) is 10.7. The Morgan fingerprint density at radius 2 is 1.90 bits per heavy atom. The second kappa shape index (κ2) is 12.0. The van der Waals surface area contributed by atoms with E-state index in [2.05, 4.69) is 20.5 Å². The number of primary amides is 1. The molecule has 2 heterocycles. The number of likely N-dealkylation sites (N-methyl/N-ethyl adjacent to an activating group) is 1. The molecular formula is C25H27ClN6O5S2. The topological polar surface area (TPSA) is 157 Å². The molecule has 0 saturated heterocycles. The number of carbonyl (C=O) groups is 2. The van der Waals surface area contributed by atoms with Gasteiger partial charge >= 0.3 is 0 Å². The van der Waals surface area contributed by atoms with Gasteiger partial charge < -0.3 is 21.1 Å². The Hall–Kier alpha value is -3.65. The van der Waals surface area contributed by atoms with Gasteiger partial charge in [0.1, 0.15) is 9.96 Å². The number of fused-ring (bicyclic) bond motifs is 1. The molecule has 11 nitrogen and oxygen atoms in total. The lowest BCUT2D eigenvalue weighted by molar-refractivity contribution is -0.126. The van der Waals surface area contributed by atoms with Gasteiger partial charge in [-0.3, -0.25) is 19.0 Å². The zero-order valence-corrected chi connectivity index (χ0v) is 23.5. The molecule has 0 bridgehead atoms. The number of nitrogens with zero attached hydrogens (tertiary/aromatic N) is 2. The number of nitrogens with two attached hydrogens (primary N) is 1. The molecule has 206 valence electrons. The predicted molar refractivity (Wildman–Crippen MR) is 150 cm³/mol. The number of carbonyl (C=O) groups excluding carboxylic acids is 2. The molecule has 0 radical (unpaired) electrons. The number of halogens is 1. The van der Waals surface area contributed by atoms with E-state index in [4.69, 9.17) is 22.1 Å². The number of rotatable bonds is 12. The standard InChI is InChI=1S/C25H27ClN6O5S2/c1-28-25(34)17(12-21(27)33)29-13-15-5-3-6-16(11-15)14-32-18-7-4-8-19(37-2)23(18)24(30-32)31-39(35,36)22-10-9-20(26)38-22/h3-11,17,29H,12-14H2,1-2H3,(H2,27,33)(H,28,34)(H,30,31)/t17-/m0/s1. The van der Waals surface area contributed by atoms with Crippen molar-refractivity contribution in [2.24, 2.45) is 5.73 Å². The SMILES string of the molecule is CNC(=O)[C@H](CC(N)=O)NCc1cccc(Cn2nc(NS(=O)(=O)c3ccc(Cl)s3)c3c(OC)cccc32)c1. The Bertz CT molecular complexity index is 1620. The van der Waals surface area contributed by atoms with Crippen LogP contribution in [0.4, 0.5) is 5.82 Å². The maximum Gasteiger partial charge on any atom is 0.272 e. The molecule has 1 atom stereocenters. The molecule has 0 aliphatic heterocycles. The molecule has 14 heteroatoms. The molecule has 39 heavy (non-hydrogen) atoms. The smallest absolute Gasteiger partial charge is 0.272 e. The highest BCUT2D eigenvalue weighted by Crippen LogP contribution is 2.35. The van der Waals surface area contributed by atoms with E-state index in [9.17, 15) is 18.0 Å². The van der Waals surface area contributed by atoms with Crippen LogP contribution < -0.4 is 25.8 Å². The largest absolute Gasteiger partial charge is 0.496 e. The summed E-state index contributed by atoms with van der Waals surface area (Å²) in [6, 6.07) is 15.2. The number of sulfonamides is 1. The predicted octanol–water partition coefficient (Wildman–Crippen LogP) is 2.69. The molecule has 5 N–H and O–H groups in total. The number of anilines is 1. The van der Waals surface area contributed by atoms with Crippen LogP contribution in [0.5, 0.6) is 5.75 Å². The zero-order chi connectivity index (χ0) is 28.2. The minimum atomic E-state index is -3.93. The van der Waals surface area contributed by atoms with Crippen molar-refractivity contribution in [1.29, 1.82) is 0 Å². The highest BCUT2D eigenvalue weighted by Gasteiger charge is 2.23. The number of amides is 2. The van der Waals surface area contributed by atoms with Gasteiger partial charge in [-0.05, 0) is 35.4 Å². The van der Waals surface area contributed by atoms with Crippen LogP contribution in [-0.2, 0) is 32.7 Å². The summed E-state index contributed by atoms with van der Waals surface area (Å²) in [5.74, 6) is -0.320. The number of ether oxygens (including phenoxy) is 1. The van der Waals surface area contributed by atoms with Crippen LogP contribution in [0.25, 0.3) is 10.9 Å². The van der Waals surface area contributed by atoms with E-state index in [1.807, 2.05) is 30.3 Å². The van der Waals surface area contributed by atoms with E-state index in [1.54, 1.807) is 16.8 Å². The summed E-state index contributed by atoms with van der Waals surface area (Å²) >= 11 is 6.89. The lowest BCUT2D eigenvalue weighted by Crippen LogP contribution is -2.44. The monoisotopic (exact) mass is 590 g/mol. The van der Waals surface area contributed by atoms with E-state index in [0.29, 0.717) is 34.1 Å². The molecule has 2 aromatic heterocycles. The van der Waals surface area contributed by atoms with Crippen molar-refractivity contribution in [2.75, 3.05) is 18.9 Å². The molecule has 0 spiro atoms. The fraction of sp³-hybridized carbons (Fsp3) is 0.240. The molecule has 2 amide bonds. The number of benzene rings is 2. The highest BCUT2D eigenvalue weighted by molar-refractivity contribution is 7.94. The van der Waals surface area contributed by atoms with Gasteiger partial charge in [-0.2, -0.15) is 5.10 Å². The van der Waals surface area contributed by atoms with Crippen molar-refractivity contribution in [3.05, 3.63) is 70.1 Å². The first-order valence-corrected chi connectivity index (χ1v) is 14.4. The first kappa shape index (κ1) is 28.4. The Labute approximate surface area is 234 Å². The average molecular weight is 591 g/mol. The Kier molecular flexibility index (Phi) is 8.75. The number of nitrogens with one attached hydrogen (secondary N) is 3. The van der Waals surface area contributed by atoms with E-state index in [0.717, 1.165) is 22.5 Å². The summed E-state index contributed by atoms with van der Waals surface area (Å²) in [6.07, 6.45) is -0.128. The molecule has 0 unspecified atom stereocenters. The van der Waals surface area contributed by atoms with Crippen molar-refractivity contribution in [1.82, 2.24) is 20.4 Å². The van der Waals surface area contributed by atoms with Gasteiger partial charge in [0.05, 0.1) is 41.4 Å². The molecule has 0 saturated carbocycles. The normalized spacial score (nSPS) is 12.3. The Morgan fingerprint density at radius 1 is 1.15 bits per heavy atom. The maximum absolute atomic E-state index is 13.0. The first-order valence-electron chi connectivity index (χ1n) is 11.7. The van der Waals surface area contributed by atoms with Gasteiger partial charge in [-0.15, -0.1) is 11.3 Å². The second-order valence-electron chi connectivity index (χ2n) is 8.56. The third-order valence-electron chi connectivity index (χ3n) is 5.85. The van der Waals surface area contributed by atoms with Gasteiger partial charge in [0, 0.05) is 13.6 Å². The van der Waals surface area contributed by atoms with Crippen molar-refractivity contribution >= 4 is 61.5 Å². The highest BCUT2D eigenvalue weighted by atomic mass is 35.5. The Balaban J connectivity index is 1.61. The quantitative estimate of drug-likeness (QED) is 0.197. The van der Waals surface area contributed by atoms with Crippen LogP contribution in [0.3, 0.4) is 0 Å².